The van der Waals surface area contributed by atoms with E-state index in [1.54, 1.807) is 35.9 Å². The van der Waals surface area contributed by atoms with Crippen molar-refractivity contribution in [2.45, 2.75) is 6.54 Å². The predicted octanol–water partition coefficient (Wildman–Crippen LogP) is 3.26. The predicted molar refractivity (Wildman–Crippen MR) is 83.7 cm³/mol. The van der Waals surface area contributed by atoms with E-state index in [2.05, 4.69) is 15.6 Å². The van der Waals surface area contributed by atoms with Crippen molar-refractivity contribution >= 4 is 23.1 Å². The first kappa shape index (κ1) is 13.4. The second kappa shape index (κ2) is 6.23. The number of nitrogens with one attached hydrogen (secondary N) is 2. The molecule has 2 N–H and O–H groups in total. The van der Waals surface area contributed by atoms with E-state index in [9.17, 15) is 4.79 Å². The Morgan fingerprint density at radius 1 is 1.24 bits per heavy atom. The Bertz CT molecular complexity index is 706. The number of pyridine rings is 1. The van der Waals surface area contributed by atoms with Crippen LogP contribution in [0.5, 0.6) is 0 Å². The van der Waals surface area contributed by atoms with E-state index in [-0.39, 0.29) is 6.03 Å². The first-order chi connectivity index (χ1) is 10.3. The smallest absolute Gasteiger partial charge is 0.319 e. The third-order valence-electron chi connectivity index (χ3n) is 2.92. The Morgan fingerprint density at radius 3 is 2.86 bits per heavy atom. The number of anilines is 1. The van der Waals surface area contributed by atoms with Crippen LogP contribution in [0.4, 0.5) is 10.5 Å². The molecule has 0 unspecified atom stereocenters. The second-order valence-electron chi connectivity index (χ2n) is 4.39. The van der Waals surface area contributed by atoms with Gasteiger partial charge >= 0.3 is 6.03 Å². The van der Waals surface area contributed by atoms with Crippen LogP contribution in [0.3, 0.4) is 0 Å². The summed E-state index contributed by atoms with van der Waals surface area (Å²) in [7, 11) is 0. The fourth-order valence-corrected chi connectivity index (χ4v) is 2.84. The third-order valence-corrected chi connectivity index (χ3v) is 3.89. The van der Waals surface area contributed by atoms with Crippen molar-refractivity contribution < 1.29 is 4.79 Å². The lowest BCUT2D eigenvalue weighted by atomic mass is 10.3. The van der Waals surface area contributed by atoms with Crippen LogP contribution in [0, 0.1) is 0 Å². The average Bonchev–Trinajstić information content (AvgIpc) is 3.17. The van der Waals surface area contributed by atoms with Crippen LogP contribution in [-0.4, -0.2) is 15.6 Å². The molecule has 21 heavy (non-hydrogen) atoms. The third kappa shape index (κ3) is 3.29. The zero-order valence-corrected chi connectivity index (χ0v) is 12.0. The molecule has 3 rings (SSSR count). The van der Waals surface area contributed by atoms with Crippen molar-refractivity contribution in [2.24, 2.45) is 0 Å². The highest BCUT2D eigenvalue weighted by molar-refractivity contribution is 7.12. The minimum atomic E-state index is -0.243. The molecule has 0 aromatic carbocycles. The minimum absolute atomic E-state index is 0.243. The number of rotatable bonds is 4. The molecule has 0 radical (unpaired) electrons. The van der Waals surface area contributed by atoms with Gasteiger partial charge in [0, 0.05) is 30.7 Å². The zero-order valence-electron chi connectivity index (χ0n) is 11.2. The molecule has 0 atom stereocenters. The van der Waals surface area contributed by atoms with E-state index in [0.29, 0.717) is 12.2 Å². The quantitative estimate of drug-likeness (QED) is 0.776. The van der Waals surface area contributed by atoms with E-state index in [0.717, 1.165) is 10.6 Å². The molecule has 0 bridgehead atoms. The van der Waals surface area contributed by atoms with E-state index in [1.165, 1.54) is 0 Å². The molecule has 106 valence electrons. The van der Waals surface area contributed by atoms with Crippen molar-refractivity contribution in [1.82, 2.24) is 14.9 Å². The van der Waals surface area contributed by atoms with Crippen molar-refractivity contribution in [3.05, 3.63) is 66.1 Å². The van der Waals surface area contributed by atoms with Gasteiger partial charge in [-0.1, -0.05) is 0 Å². The molecule has 0 spiro atoms. The van der Waals surface area contributed by atoms with Crippen molar-refractivity contribution in [1.29, 1.82) is 0 Å². The van der Waals surface area contributed by atoms with Gasteiger partial charge in [-0.15, -0.1) is 11.3 Å². The summed E-state index contributed by atoms with van der Waals surface area (Å²) in [5.41, 5.74) is 1.75. The number of urea groups is 1. The summed E-state index contributed by atoms with van der Waals surface area (Å²) in [4.78, 5) is 15.8. The van der Waals surface area contributed by atoms with Crippen LogP contribution in [-0.2, 0) is 6.54 Å². The second-order valence-corrected chi connectivity index (χ2v) is 5.29. The van der Waals surface area contributed by atoms with Gasteiger partial charge in [-0.05, 0) is 35.7 Å². The minimum Gasteiger partial charge on any atom is -0.334 e. The lowest BCUT2D eigenvalue weighted by molar-refractivity contribution is 0.251. The maximum Gasteiger partial charge on any atom is 0.319 e. The summed E-state index contributed by atoms with van der Waals surface area (Å²) in [6, 6.07) is 9.30. The Kier molecular flexibility index (Phi) is 3.97. The lowest BCUT2D eigenvalue weighted by Gasteiger charge is -2.08. The number of amides is 2. The molecule has 0 aliphatic carbocycles. The van der Waals surface area contributed by atoms with Crippen molar-refractivity contribution in [2.75, 3.05) is 5.32 Å². The van der Waals surface area contributed by atoms with E-state index >= 15 is 0 Å². The fourth-order valence-electron chi connectivity index (χ4n) is 1.95. The van der Waals surface area contributed by atoms with Gasteiger partial charge in [0.2, 0.25) is 0 Å². The average molecular weight is 298 g/mol. The van der Waals surface area contributed by atoms with Gasteiger partial charge in [0.1, 0.15) is 5.00 Å². The normalized spacial score (nSPS) is 10.3. The van der Waals surface area contributed by atoms with Crippen LogP contribution < -0.4 is 10.6 Å². The van der Waals surface area contributed by atoms with Gasteiger partial charge in [0.25, 0.3) is 0 Å². The van der Waals surface area contributed by atoms with Crippen LogP contribution in [0.25, 0.3) is 5.00 Å². The standard InChI is InChI=1S/C15H14N4OS/c20-15(18-13-4-3-6-16-11-13)17-10-12-5-9-21-14(12)19-7-1-2-8-19/h1-9,11H,10H2,(H2,17,18,20). The number of carbonyl (C=O) groups is 1. The molecule has 0 aliphatic heterocycles. The molecule has 2 amide bonds. The Labute approximate surface area is 126 Å². The fraction of sp³-hybridized carbons (Fsp3) is 0.0667. The molecule has 3 aromatic rings. The molecule has 0 saturated carbocycles. The maximum absolute atomic E-state index is 11.9. The van der Waals surface area contributed by atoms with Crippen LogP contribution in [0.15, 0.2) is 60.5 Å². The Balaban J connectivity index is 1.61. The van der Waals surface area contributed by atoms with Gasteiger partial charge in [-0.25, -0.2) is 4.79 Å². The summed E-state index contributed by atoms with van der Waals surface area (Å²) in [6.07, 6.45) is 7.25. The Morgan fingerprint density at radius 2 is 2.10 bits per heavy atom. The molecular weight excluding hydrogens is 284 g/mol. The number of carbonyl (C=O) groups excluding carboxylic acids is 1. The van der Waals surface area contributed by atoms with Gasteiger partial charge in [0.15, 0.2) is 0 Å². The largest absolute Gasteiger partial charge is 0.334 e. The first-order valence-corrected chi connectivity index (χ1v) is 7.35. The Hall–Kier alpha value is -2.60. The first-order valence-electron chi connectivity index (χ1n) is 6.47. The topological polar surface area (TPSA) is 59.0 Å². The molecule has 5 nitrogen and oxygen atoms in total. The SMILES string of the molecule is O=C(NCc1ccsc1-n1cccc1)Nc1cccnc1. The van der Waals surface area contributed by atoms with E-state index in [1.807, 2.05) is 40.5 Å². The number of nitrogens with zero attached hydrogens (tertiary/aromatic N) is 2. The zero-order chi connectivity index (χ0) is 14.5. The molecule has 3 heterocycles. The van der Waals surface area contributed by atoms with E-state index < -0.39 is 0 Å². The monoisotopic (exact) mass is 298 g/mol. The number of aromatic nitrogens is 2. The highest BCUT2D eigenvalue weighted by atomic mass is 32.1. The molecule has 6 heteroatoms. The van der Waals surface area contributed by atoms with Gasteiger partial charge in [0.05, 0.1) is 11.9 Å². The van der Waals surface area contributed by atoms with Crippen LogP contribution in [0.2, 0.25) is 0 Å². The van der Waals surface area contributed by atoms with Gasteiger partial charge in [-0.2, -0.15) is 0 Å². The van der Waals surface area contributed by atoms with Gasteiger partial charge < -0.3 is 15.2 Å². The highest BCUT2D eigenvalue weighted by Crippen LogP contribution is 2.21. The van der Waals surface area contributed by atoms with Crippen LogP contribution in [0.1, 0.15) is 5.56 Å². The number of hydrogen-bond acceptors (Lipinski definition) is 3. The number of hydrogen-bond donors (Lipinski definition) is 2. The summed E-state index contributed by atoms with van der Waals surface area (Å²) >= 11 is 1.64. The van der Waals surface area contributed by atoms with Crippen molar-refractivity contribution in [3.8, 4) is 5.00 Å². The summed E-state index contributed by atoms with van der Waals surface area (Å²) in [5, 5.41) is 8.73. The number of thiophene rings is 1. The lowest BCUT2D eigenvalue weighted by Crippen LogP contribution is -2.28. The molecule has 0 fully saturated rings. The summed E-state index contributed by atoms with van der Waals surface area (Å²) < 4.78 is 2.04. The van der Waals surface area contributed by atoms with E-state index in [4.69, 9.17) is 0 Å². The summed E-state index contributed by atoms with van der Waals surface area (Å²) in [5.74, 6) is 0. The molecule has 0 aliphatic rings. The highest BCUT2D eigenvalue weighted by Gasteiger charge is 2.07. The maximum atomic E-state index is 11.9. The van der Waals surface area contributed by atoms with Gasteiger partial charge in [-0.3, -0.25) is 4.98 Å². The van der Waals surface area contributed by atoms with Crippen LogP contribution >= 0.6 is 11.3 Å². The van der Waals surface area contributed by atoms with Crippen molar-refractivity contribution in [3.63, 3.8) is 0 Å². The molecular formula is C15H14N4OS. The molecule has 0 saturated heterocycles. The molecule has 3 aromatic heterocycles. The summed E-state index contributed by atoms with van der Waals surface area (Å²) in [6.45, 7) is 0.475.